The fourth-order valence-corrected chi connectivity index (χ4v) is 4.28. The highest BCUT2D eigenvalue weighted by atomic mass is 31.2. The van der Waals surface area contributed by atoms with Crippen molar-refractivity contribution < 1.29 is 51.7 Å². The van der Waals surface area contributed by atoms with E-state index < -0.39 is 50.6 Å². The van der Waals surface area contributed by atoms with Gasteiger partial charge in [-0.2, -0.15) is 0 Å². The van der Waals surface area contributed by atoms with Crippen molar-refractivity contribution >= 4 is 7.82 Å². The highest BCUT2D eigenvalue weighted by Gasteiger charge is 2.55. The van der Waals surface area contributed by atoms with Gasteiger partial charge in [0.15, 0.2) is 0 Å². The van der Waals surface area contributed by atoms with E-state index in [1.807, 2.05) is 0 Å². The molecule has 0 amide bonds. The third-order valence-corrected chi connectivity index (χ3v) is 5.65. The third kappa shape index (κ3) is 6.41. The number of hydrogen-bond donors (Lipinski definition) is 1. The zero-order valence-corrected chi connectivity index (χ0v) is 18.3. The van der Waals surface area contributed by atoms with Crippen molar-refractivity contribution in [2.75, 3.05) is 63.0 Å². The predicted molar refractivity (Wildman–Crippen MR) is 97.3 cm³/mol. The van der Waals surface area contributed by atoms with Crippen molar-refractivity contribution in [3.8, 4) is 0 Å². The van der Waals surface area contributed by atoms with Gasteiger partial charge >= 0.3 is 7.82 Å². The van der Waals surface area contributed by atoms with E-state index in [9.17, 15) is 9.46 Å². The molecule has 0 bridgehead atoms. The first-order valence-electron chi connectivity index (χ1n) is 8.65. The molecular weight excluding hydrogens is 399 g/mol. The fourth-order valence-electron chi connectivity index (χ4n) is 3.31. The quantitative estimate of drug-likeness (QED) is 0.403. The molecule has 1 rings (SSSR count). The van der Waals surface area contributed by atoms with Crippen molar-refractivity contribution in [1.29, 1.82) is 0 Å². The Bertz CT molecular complexity index is 460. The van der Waals surface area contributed by atoms with Gasteiger partial charge in [0.05, 0.1) is 13.2 Å². The molecule has 0 aliphatic heterocycles. The van der Waals surface area contributed by atoms with Gasteiger partial charge in [0.1, 0.15) is 42.7 Å². The second-order valence-electron chi connectivity index (χ2n) is 6.15. The zero-order chi connectivity index (χ0) is 21.3. The Morgan fingerprint density at radius 1 is 0.714 bits per heavy atom. The van der Waals surface area contributed by atoms with Gasteiger partial charge in [0.2, 0.25) is 0 Å². The second-order valence-corrected chi connectivity index (χ2v) is 7.56. The van der Waals surface area contributed by atoms with E-state index in [4.69, 9.17) is 42.2 Å². The van der Waals surface area contributed by atoms with Gasteiger partial charge in [0.25, 0.3) is 0 Å². The monoisotopic (exact) mass is 432 g/mol. The topological polar surface area (TPSA) is 120 Å². The van der Waals surface area contributed by atoms with E-state index in [1.54, 1.807) is 0 Å². The van der Waals surface area contributed by atoms with Crippen molar-refractivity contribution in [2.45, 2.75) is 42.7 Å². The molecule has 0 aromatic carbocycles. The molecule has 1 aliphatic rings. The average molecular weight is 432 g/mol. The normalized spacial score (nSPS) is 34.1. The largest absolute Gasteiger partial charge is 0.472 e. The van der Waals surface area contributed by atoms with Crippen molar-refractivity contribution in [3.05, 3.63) is 0 Å². The molecule has 168 valence electrons. The average Bonchev–Trinajstić information content (AvgIpc) is 2.69. The molecule has 0 spiro atoms. The lowest BCUT2D eigenvalue weighted by Crippen LogP contribution is -2.66. The van der Waals surface area contributed by atoms with Crippen LogP contribution in [0.1, 0.15) is 0 Å². The SMILES string of the molecule is COCC(COP(=O)(O)OC1C(OC)C(OC)C(OC)C(OC)C1OC)OC. The van der Waals surface area contributed by atoms with Gasteiger partial charge in [0, 0.05) is 49.8 Å². The molecule has 1 N–H and O–H groups in total. The molecule has 11 nitrogen and oxygen atoms in total. The van der Waals surface area contributed by atoms with Crippen LogP contribution in [0.4, 0.5) is 0 Å². The van der Waals surface area contributed by atoms with Crippen LogP contribution >= 0.6 is 7.82 Å². The molecule has 1 fully saturated rings. The van der Waals surface area contributed by atoms with Crippen LogP contribution in [-0.2, 0) is 46.8 Å². The minimum absolute atomic E-state index is 0.189. The Labute approximate surface area is 166 Å². The first-order chi connectivity index (χ1) is 13.3. The minimum Gasteiger partial charge on any atom is -0.382 e. The smallest absolute Gasteiger partial charge is 0.382 e. The summed E-state index contributed by atoms with van der Waals surface area (Å²) in [5.41, 5.74) is 0. The van der Waals surface area contributed by atoms with E-state index >= 15 is 0 Å². The Hall–Kier alpha value is -0.170. The van der Waals surface area contributed by atoms with Gasteiger partial charge in [-0.05, 0) is 0 Å². The Balaban J connectivity index is 3.03. The third-order valence-electron chi connectivity index (χ3n) is 4.67. The number of phosphoric acid groups is 1. The molecule has 0 aromatic rings. The van der Waals surface area contributed by atoms with E-state index in [1.165, 1.54) is 49.8 Å². The van der Waals surface area contributed by atoms with Crippen LogP contribution in [0.3, 0.4) is 0 Å². The first-order valence-corrected chi connectivity index (χ1v) is 10.1. The number of ether oxygens (including phenoxy) is 7. The van der Waals surface area contributed by atoms with E-state index in [2.05, 4.69) is 0 Å². The molecule has 0 saturated heterocycles. The summed E-state index contributed by atoms with van der Waals surface area (Å²) in [6, 6.07) is 0. The summed E-state index contributed by atoms with van der Waals surface area (Å²) in [5, 5.41) is 0. The van der Waals surface area contributed by atoms with Crippen LogP contribution in [0.5, 0.6) is 0 Å². The highest BCUT2D eigenvalue weighted by Crippen LogP contribution is 2.48. The summed E-state index contributed by atoms with van der Waals surface area (Å²) >= 11 is 0. The maximum atomic E-state index is 12.6. The lowest BCUT2D eigenvalue weighted by Gasteiger charge is -2.48. The molecule has 6 atom stereocenters. The molecule has 0 radical (unpaired) electrons. The molecule has 6 unspecified atom stereocenters. The van der Waals surface area contributed by atoms with E-state index in [0.717, 1.165) is 0 Å². The number of methoxy groups -OCH3 is 7. The van der Waals surface area contributed by atoms with Gasteiger partial charge in [-0.3, -0.25) is 9.05 Å². The predicted octanol–water partition coefficient (Wildman–Crippen LogP) is 0.239. The van der Waals surface area contributed by atoms with Gasteiger partial charge < -0.3 is 38.1 Å². The minimum atomic E-state index is -4.50. The second kappa shape index (κ2) is 12.5. The maximum Gasteiger partial charge on any atom is 0.472 e. The fraction of sp³-hybridized carbons (Fsp3) is 1.00. The van der Waals surface area contributed by atoms with Crippen LogP contribution in [0.2, 0.25) is 0 Å². The Kier molecular flexibility index (Phi) is 11.6. The molecule has 0 heterocycles. The summed E-state index contributed by atoms with van der Waals surface area (Å²) < 4.78 is 60.6. The number of phosphoric ester groups is 1. The van der Waals surface area contributed by atoms with Gasteiger partial charge in [-0.25, -0.2) is 4.57 Å². The summed E-state index contributed by atoms with van der Waals surface area (Å²) in [5.74, 6) is 0. The van der Waals surface area contributed by atoms with Crippen molar-refractivity contribution in [2.24, 2.45) is 0 Å². The number of rotatable bonds is 13. The molecule has 1 saturated carbocycles. The highest BCUT2D eigenvalue weighted by molar-refractivity contribution is 7.47. The molecule has 12 heteroatoms. The molecular formula is C16H33O11P. The van der Waals surface area contributed by atoms with E-state index in [-0.39, 0.29) is 13.2 Å². The van der Waals surface area contributed by atoms with E-state index in [0.29, 0.717) is 0 Å². The van der Waals surface area contributed by atoms with Crippen LogP contribution in [0, 0.1) is 0 Å². The molecule has 28 heavy (non-hydrogen) atoms. The standard InChI is InChI=1S/C16H33O11P/c1-19-8-10(20-2)9-26-28(17,18)27-16-14(24-6)12(22-4)11(21-3)13(23-5)15(16)25-7/h10-16H,8-9H2,1-7H3,(H,17,18). The van der Waals surface area contributed by atoms with Crippen LogP contribution in [0.15, 0.2) is 0 Å². The van der Waals surface area contributed by atoms with Crippen LogP contribution in [-0.4, -0.2) is 111 Å². The lowest BCUT2D eigenvalue weighted by molar-refractivity contribution is -0.249. The summed E-state index contributed by atoms with van der Waals surface area (Å²) in [6.45, 7) is -0.0173. The summed E-state index contributed by atoms with van der Waals surface area (Å²) in [7, 11) is 5.74. The zero-order valence-electron chi connectivity index (χ0n) is 17.4. The van der Waals surface area contributed by atoms with Crippen LogP contribution < -0.4 is 0 Å². The Morgan fingerprint density at radius 3 is 1.43 bits per heavy atom. The first kappa shape index (κ1) is 25.9. The summed E-state index contributed by atoms with van der Waals surface area (Å²) in [6.07, 6.45) is -4.97. The van der Waals surface area contributed by atoms with Gasteiger partial charge in [-0.15, -0.1) is 0 Å². The van der Waals surface area contributed by atoms with Crippen LogP contribution in [0.25, 0.3) is 0 Å². The summed E-state index contributed by atoms with van der Waals surface area (Å²) in [4.78, 5) is 10.2. The maximum absolute atomic E-state index is 12.6. The number of hydrogen-bond acceptors (Lipinski definition) is 10. The molecule has 0 aromatic heterocycles. The van der Waals surface area contributed by atoms with Crippen molar-refractivity contribution in [1.82, 2.24) is 0 Å². The lowest BCUT2D eigenvalue weighted by atomic mass is 9.84. The Morgan fingerprint density at radius 2 is 1.11 bits per heavy atom. The van der Waals surface area contributed by atoms with Gasteiger partial charge in [-0.1, -0.05) is 0 Å². The molecule has 1 aliphatic carbocycles. The van der Waals surface area contributed by atoms with Crippen molar-refractivity contribution in [3.63, 3.8) is 0 Å².